The minimum absolute atomic E-state index is 0.0165. The van der Waals surface area contributed by atoms with Gasteiger partial charge in [0.05, 0.1) is 0 Å². The molecule has 84 valence electrons. The maximum Gasteiger partial charge on any atom is 0.348 e. The third kappa shape index (κ3) is 3.08. The number of carbonyl (C=O) groups is 2. The molecule has 0 N–H and O–H groups in total. The lowest BCUT2D eigenvalue weighted by molar-refractivity contribution is -0.222. The van der Waals surface area contributed by atoms with E-state index in [2.05, 4.69) is 0 Å². The highest BCUT2D eigenvalue weighted by Crippen LogP contribution is 2.22. The Morgan fingerprint density at radius 1 is 1.20 bits per heavy atom. The van der Waals surface area contributed by atoms with Gasteiger partial charge in [0.15, 0.2) is 0 Å². The summed E-state index contributed by atoms with van der Waals surface area (Å²) in [4.78, 5) is 22.8. The molecule has 1 rings (SSSR count). The SMILES string of the molecule is CCCCC=C1C(=O)OC(C)(C)OC1=O. The van der Waals surface area contributed by atoms with Gasteiger partial charge in [-0.05, 0) is 6.42 Å². The van der Waals surface area contributed by atoms with Crippen molar-refractivity contribution in [2.24, 2.45) is 0 Å². The zero-order valence-electron chi connectivity index (χ0n) is 9.33. The van der Waals surface area contributed by atoms with E-state index in [0.29, 0.717) is 6.42 Å². The molecular weight excluding hydrogens is 196 g/mol. The first-order valence-electron chi connectivity index (χ1n) is 5.13. The Hall–Kier alpha value is -1.32. The molecule has 0 bridgehead atoms. The number of carbonyl (C=O) groups excluding carboxylic acids is 2. The van der Waals surface area contributed by atoms with Gasteiger partial charge in [-0.2, -0.15) is 0 Å². The topological polar surface area (TPSA) is 52.6 Å². The van der Waals surface area contributed by atoms with Crippen LogP contribution in [-0.2, 0) is 19.1 Å². The summed E-state index contributed by atoms with van der Waals surface area (Å²) >= 11 is 0. The van der Waals surface area contributed by atoms with Crippen molar-refractivity contribution in [2.75, 3.05) is 0 Å². The third-order valence-corrected chi connectivity index (χ3v) is 2.02. The number of unbranched alkanes of at least 4 members (excludes halogenated alkanes) is 2. The highest BCUT2D eigenvalue weighted by molar-refractivity contribution is 6.15. The van der Waals surface area contributed by atoms with Gasteiger partial charge >= 0.3 is 11.9 Å². The average Bonchev–Trinajstić information content (AvgIpc) is 2.08. The Bertz CT molecular complexity index is 280. The maximum atomic E-state index is 11.4. The number of allylic oxidation sites excluding steroid dienone is 1. The van der Waals surface area contributed by atoms with E-state index in [0.717, 1.165) is 12.8 Å². The molecular formula is C11H16O4. The molecule has 1 aliphatic rings. The zero-order chi connectivity index (χ0) is 11.5. The molecule has 0 aliphatic carbocycles. The van der Waals surface area contributed by atoms with Crippen molar-refractivity contribution in [3.8, 4) is 0 Å². The molecule has 0 spiro atoms. The molecule has 0 aromatic heterocycles. The summed E-state index contributed by atoms with van der Waals surface area (Å²) in [6.07, 6.45) is 4.23. The smallest absolute Gasteiger partial charge is 0.348 e. The molecule has 0 aromatic carbocycles. The Kier molecular flexibility index (Phi) is 3.50. The van der Waals surface area contributed by atoms with Gasteiger partial charge in [0, 0.05) is 13.8 Å². The van der Waals surface area contributed by atoms with Crippen LogP contribution in [0.25, 0.3) is 0 Å². The standard InChI is InChI=1S/C11H16O4/c1-4-5-6-7-8-9(12)14-11(2,3)15-10(8)13/h7H,4-6H2,1-3H3. The molecule has 1 heterocycles. The lowest BCUT2D eigenvalue weighted by Gasteiger charge is -2.29. The average molecular weight is 212 g/mol. The van der Waals surface area contributed by atoms with E-state index in [-0.39, 0.29) is 5.57 Å². The summed E-state index contributed by atoms with van der Waals surface area (Å²) in [7, 11) is 0. The summed E-state index contributed by atoms with van der Waals surface area (Å²) in [6.45, 7) is 5.11. The second-order valence-corrected chi connectivity index (χ2v) is 3.94. The molecule has 4 nitrogen and oxygen atoms in total. The van der Waals surface area contributed by atoms with Gasteiger partial charge in [-0.3, -0.25) is 0 Å². The first-order valence-corrected chi connectivity index (χ1v) is 5.13. The minimum atomic E-state index is -1.14. The summed E-state index contributed by atoms with van der Waals surface area (Å²) in [5, 5.41) is 0. The molecule has 1 fully saturated rings. The number of cyclic esters (lactones) is 2. The lowest BCUT2D eigenvalue weighted by atomic mass is 10.1. The van der Waals surface area contributed by atoms with E-state index in [1.54, 1.807) is 6.08 Å². The molecule has 1 aliphatic heterocycles. The van der Waals surface area contributed by atoms with Crippen molar-refractivity contribution in [3.63, 3.8) is 0 Å². The van der Waals surface area contributed by atoms with Crippen LogP contribution in [0.3, 0.4) is 0 Å². The van der Waals surface area contributed by atoms with Crippen LogP contribution in [0.4, 0.5) is 0 Å². The van der Waals surface area contributed by atoms with Crippen LogP contribution in [0.2, 0.25) is 0 Å². The second-order valence-electron chi connectivity index (χ2n) is 3.94. The predicted molar refractivity (Wildman–Crippen MR) is 53.9 cm³/mol. The van der Waals surface area contributed by atoms with E-state index < -0.39 is 17.7 Å². The number of esters is 2. The Balaban J connectivity index is 2.71. The fraction of sp³-hybridized carbons (Fsp3) is 0.636. The molecule has 15 heavy (non-hydrogen) atoms. The molecule has 0 radical (unpaired) electrons. The summed E-state index contributed by atoms with van der Waals surface area (Å²) in [6, 6.07) is 0. The number of hydrogen-bond donors (Lipinski definition) is 0. The van der Waals surface area contributed by atoms with Gasteiger partial charge in [0.25, 0.3) is 5.79 Å². The molecule has 0 atom stereocenters. The highest BCUT2D eigenvalue weighted by atomic mass is 16.7. The zero-order valence-corrected chi connectivity index (χ0v) is 9.33. The van der Waals surface area contributed by atoms with Crippen LogP contribution in [0.5, 0.6) is 0 Å². The van der Waals surface area contributed by atoms with Gasteiger partial charge in [-0.15, -0.1) is 0 Å². The molecule has 4 heteroatoms. The molecule has 1 saturated heterocycles. The molecule has 0 aromatic rings. The van der Waals surface area contributed by atoms with Crippen LogP contribution in [-0.4, -0.2) is 17.7 Å². The number of ether oxygens (including phenoxy) is 2. The Labute approximate surface area is 89.2 Å². The van der Waals surface area contributed by atoms with Crippen molar-refractivity contribution >= 4 is 11.9 Å². The van der Waals surface area contributed by atoms with Crippen molar-refractivity contribution in [1.82, 2.24) is 0 Å². The molecule has 0 unspecified atom stereocenters. The van der Waals surface area contributed by atoms with Crippen LogP contribution >= 0.6 is 0 Å². The minimum Gasteiger partial charge on any atom is -0.419 e. The quantitative estimate of drug-likeness (QED) is 0.310. The maximum absolute atomic E-state index is 11.4. The fourth-order valence-electron chi connectivity index (χ4n) is 1.28. The fourth-order valence-corrected chi connectivity index (χ4v) is 1.28. The number of hydrogen-bond acceptors (Lipinski definition) is 4. The Morgan fingerprint density at radius 2 is 1.73 bits per heavy atom. The predicted octanol–water partition coefficient (Wildman–Crippen LogP) is 1.94. The summed E-state index contributed by atoms with van der Waals surface area (Å²) < 4.78 is 9.87. The largest absolute Gasteiger partial charge is 0.419 e. The molecule has 0 amide bonds. The van der Waals surface area contributed by atoms with E-state index in [1.165, 1.54) is 13.8 Å². The van der Waals surface area contributed by atoms with Gasteiger partial charge < -0.3 is 9.47 Å². The monoisotopic (exact) mass is 212 g/mol. The Morgan fingerprint density at radius 3 is 2.20 bits per heavy atom. The first kappa shape index (κ1) is 11.8. The van der Waals surface area contributed by atoms with E-state index in [9.17, 15) is 9.59 Å². The number of rotatable bonds is 3. The van der Waals surface area contributed by atoms with Gasteiger partial charge in [0.1, 0.15) is 5.57 Å². The van der Waals surface area contributed by atoms with Gasteiger partial charge in [-0.25, -0.2) is 9.59 Å². The van der Waals surface area contributed by atoms with E-state index in [1.807, 2.05) is 6.92 Å². The van der Waals surface area contributed by atoms with Crippen molar-refractivity contribution in [3.05, 3.63) is 11.6 Å². The second kappa shape index (κ2) is 4.47. The van der Waals surface area contributed by atoms with E-state index in [4.69, 9.17) is 9.47 Å². The lowest BCUT2D eigenvalue weighted by Crippen LogP contribution is -2.41. The van der Waals surface area contributed by atoms with Crippen LogP contribution in [0.1, 0.15) is 40.0 Å². The first-order chi connectivity index (χ1) is 6.96. The summed E-state index contributed by atoms with van der Waals surface area (Å²) in [5.41, 5.74) is 0.0165. The van der Waals surface area contributed by atoms with Crippen LogP contribution in [0, 0.1) is 0 Å². The van der Waals surface area contributed by atoms with Crippen molar-refractivity contribution in [2.45, 2.75) is 45.8 Å². The van der Waals surface area contributed by atoms with Gasteiger partial charge in [-0.1, -0.05) is 25.8 Å². The van der Waals surface area contributed by atoms with Crippen LogP contribution < -0.4 is 0 Å². The highest BCUT2D eigenvalue weighted by Gasteiger charge is 2.38. The summed E-state index contributed by atoms with van der Waals surface area (Å²) in [5.74, 6) is -2.32. The van der Waals surface area contributed by atoms with Crippen molar-refractivity contribution in [1.29, 1.82) is 0 Å². The third-order valence-electron chi connectivity index (χ3n) is 2.02. The van der Waals surface area contributed by atoms with Crippen LogP contribution in [0.15, 0.2) is 11.6 Å². The van der Waals surface area contributed by atoms with Crippen molar-refractivity contribution < 1.29 is 19.1 Å². The van der Waals surface area contributed by atoms with Gasteiger partial charge in [0.2, 0.25) is 0 Å². The van der Waals surface area contributed by atoms with E-state index >= 15 is 0 Å². The molecule has 0 saturated carbocycles. The normalized spacial score (nSPS) is 19.5.